The first-order valence-electron chi connectivity index (χ1n) is 4.79. The van der Waals surface area contributed by atoms with E-state index in [1.807, 2.05) is 36.4 Å². The van der Waals surface area contributed by atoms with Gasteiger partial charge in [0.2, 0.25) is 0 Å². The maximum atomic E-state index is 5.92. The highest BCUT2D eigenvalue weighted by atomic mass is 35.5. The molecule has 16 heavy (non-hydrogen) atoms. The number of rotatable bonds is 2. The molecular formula is C13H9Cl2N. The average Bonchev–Trinajstić information content (AvgIpc) is 2.32. The molecule has 0 saturated carbocycles. The number of halogens is 2. The predicted molar refractivity (Wildman–Crippen MR) is 69.6 cm³/mol. The van der Waals surface area contributed by atoms with Crippen LogP contribution in [0, 0.1) is 0 Å². The van der Waals surface area contributed by atoms with Gasteiger partial charge in [-0.1, -0.05) is 41.4 Å². The molecule has 2 rings (SSSR count). The molecule has 3 heteroatoms. The van der Waals surface area contributed by atoms with Crippen LogP contribution in [0.1, 0.15) is 11.1 Å². The lowest BCUT2D eigenvalue weighted by Gasteiger charge is -1.97. The second-order valence-corrected chi connectivity index (χ2v) is 4.10. The Kier molecular flexibility index (Phi) is 3.60. The standard InChI is InChI=1S/C13H9Cl2N/c14-12-4-3-11(9-13(12)15)2-1-10-5-7-16-8-6-10/h1-9H/b2-1+. The van der Waals surface area contributed by atoms with Gasteiger partial charge >= 0.3 is 0 Å². The highest BCUT2D eigenvalue weighted by Gasteiger charge is 1.96. The lowest BCUT2D eigenvalue weighted by Crippen LogP contribution is -1.75. The predicted octanol–water partition coefficient (Wildman–Crippen LogP) is 4.56. The second-order valence-electron chi connectivity index (χ2n) is 3.29. The Balaban J connectivity index is 2.21. The second kappa shape index (κ2) is 5.15. The molecule has 0 radical (unpaired) electrons. The van der Waals surface area contributed by atoms with E-state index < -0.39 is 0 Å². The molecule has 0 unspecified atom stereocenters. The van der Waals surface area contributed by atoms with Crippen molar-refractivity contribution in [1.82, 2.24) is 4.98 Å². The maximum absolute atomic E-state index is 5.92. The fraction of sp³-hybridized carbons (Fsp3) is 0. The van der Waals surface area contributed by atoms with Crippen LogP contribution < -0.4 is 0 Å². The van der Waals surface area contributed by atoms with Crippen molar-refractivity contribution in [2.24, 2.45) is 0 Å². The molecule has 1 aromatic heterocycles. The first-order valence-corrected chi connectivity index (χ1v) is 5.54. The monoisotopic (exact) mass is 249 g/mol. The van der Waals surface area contributed by atoms with E-state index in [1.165, 1.54) is 0 Å². The van der Waals surface area contributed by atoms with Crippen molar-refractivity contribution in [3.8, 4) is 0 Å². The lowest BCUT2D eigenvalue weighted by molar-refractivity contribution is 1.32. The Morgan fingerprint density at radius 1 is 0.812 bits per heavy atom. The third-order valence-electron chi connectivity index (χ3n) is 2.12. The van der Waals surface area contributed by atoms with Crippen LogP contribution in [0.15, 0.2) is 42.7 Å². The Morgan fingerprint density at radius 3 is 2.19 bits per heavy atom. The van der Waals surface area contributed by atoms with Gasteiger partial charge in [0.15, 0.2) is 0 Å². The topological polar surface area (TPSA) is 12.9 Å². The van der Waals surface area contributed by atoms with Crippen LogP contribution in [0.4, 0.5) is 0 Å². The quantitative estimate of drug-likeness (QED) is 0.761. The van der Waals surface area contributed by atoms with E-state index in [4.69, 9.17) is 23.2 Å². The van der Waals surface area contributed by atoms with E-state index >= 15 is 0 Å². The lowest BCUT2D eigenvalue weighted by atomic mass is 10.1. The van der Waals surface area contributed by atoms with Crippen molar-refractivity contribution < 1.29 is 0 Å². The molecule has 1 nitrogen and oxygen atoms in total. The van der Waals surface area contributed by atoms with Crippen molar-refractivity contribution in [1.29, 1.82) is 0 Å². The molecule has 0 fully saturated rings. The van der Waals surface area contributed by atoms with E-state index in [-0.39, 0.29) is 0 Å². The third kappa shape index (κ3) is 2.84. The van der Waals surface area contributed by atoms with Crippen LogP contribution in [0.25, 0.3) is 12.2 Å². The number of hydrogen-bond donors (Lipinski definition) is 0. The van der Waals surface area contributed by atoms with Crippen molar-refractivity contribution in [3.63, 3.8) is 0 Å². The van der Waals surface area contributed by atoms with Gasteiger partial charge in [0.1, 0.15) is 0 Å². The van der Waals surface area contributed by atoms with Gasteiger partial charge in [-0.3, -0.25) is 4.98 Å². The van der Waals surface area contributed by atoms with Crippen molar-refractivity contribution >= 4 is 35.4 Å². The molecule has 0 saturated heterocycles. The molecule has 0 aliphatic heterocycles. The van der Waals surface area contributed by atoms with Crippen LogP contribution in [-0.4, -0.2) is 4.98 Å². The van der Waals surface area contributed by atoms with Gasteiger partial charge in [0.05, 0.1) is 10.0 Å². The summed E-state index contributed by atoms with van der Waals surface area (Å²) in [5, 5.41) is 1.14. The van der Waals surface area contributed by atoms with Crippen LogP contribution in [0.2, 0.25) is 10.0 Å². The zero-order valence-electron chi connectivity index (χ0n) is 8.40. The summed E-state index contributed by atoms with van der Waals surface area (Å²) in [6.45, 7) is 0. The van der Waals surface area contributed by atoms with E-state index in [2.05, 4.69) is 4.98 Å². The van der Waals surface area contributed by atoms with Gasteiger partial charge in [-0.2, -0.15) is 0 Å². The summed E-state index contributed by atoms with van der Waals surface area (Å²) in [7, 11) is 0. The van der Waals surface area contributed by atoms with Crippen LogP contribution in [0.3, 0.4) is 0 Å². The summed E-state index contributed by atoms with van der Waals surface area (Å²) in [6, 6.07) is 9.42. The zero-order chi connectivity index (χ0) is 11.4. The number of nitrogens with zero attached hydrogens (tertiary/aromatic N) is 1. The minimum atomic E-state index is 0.568. The maximum Gasteiger partial charge on any atom is 0.0598 e. The minimum absolute atomic E-state index is 0.568. The summed E-state index contributed by atoms with van der Waals surface area (Å²) >= 11 is 11.8. The SMILES string of the molecule is Clc1ccc(/C=C/c2ccncc2)cc1Cl. The van der Waals surface area contributed by atoms with E-state index in [1.54, 1.807) is 18.5 Å². The molecule has 1 heterocycles. The van der Waals surface area contributed by atoms with Gasteiger partial charge in [-0.25, -0.2) is 0 Å². The highest BCUT2D eigenvalue weighted by molar-refractivity contribution is 6.42. The average molecular weight is 250 g/mol. The van der Waals surface area contributed by atoms with Gasteiger partial charge in [0.25, 0.3) is 0 Å². The summed E-state index contributed by atoms with van der Waals surface area (Å²) in [5.41, 5.74) is 2.12. The van der Waals surface area contributed by atoms with E-state index in [9.17, 15) is 0 Å². The molecule has 0 amide bonds. The van der Waals surface area contributed by atoms with Crippen LogP contribution in [-0.2, 0) is 0 Å². The molecular weight excluding hydrogens is 241 g/mol. The Hall–Kier alpha value is -1.31. The molecule has 80 valence electrons. The normalized spacial score (nSPS) is 10.9. The van der Waals surface area contributed by atoms with Crippen LogP contribution in [0.5, 0.6) is 0 Å². The number of aromatic nitrogens is 1. The molecule has 0 aliphatic rings. The number of hydrogen-bond acceptors (Lipinski definition) is 1. The van der Waals surface area contributed by atoms with Crippen LogP contribution >= 0.6 is 23.2 Å². The third-order valence-corrected chi connectivity index (χ3v) is 2.86. The number of benzene rings is 1. The number of pyridine rings is 1. The summed E-state index contributed by atoms with van der Waals surface area (Å²) in [4.78, 5) is 3.95. The van der Waals surface area contributed by atoms with E-state index in [0.29, 0.717) is 10.0 Å². The minimum Gasteiger partial charge on any atom is -0.265 e. The molecule has 0 atom stereocenters. The van der Waals surface area contributed by atoms with Gasteiger partial charge in [-0.05, 0) is 35.4 Å². The smallest absolute Gasteiger partial charge is 0.0598 e. The Morgan fingerprint density at radius 2 is 1.50 bits per heavy atom. The molecule has 0 bridgehead atoms. The largest absolute Gasteiger partial charge is 0.265 e. The molecule has 0 N–H and O–H groups in total. The Bertz CT molecular complexity index is 507. The zero-order valence-corrected chi connectivity index (χ0v) is 9.91. The fourth-order valence-electron chi connectivity index (χ4n) is 1.28. The van der Waals surface area contributed by atoms with E-state index in [0.717, 1.165) is 11.1 Å². The molecule has 0 spiro atoms. The summed E-state index contributed by atoms with van der Waals surface area (Å²) in [5.74, 6) is 0. The van der Waals surface area contributed by atoms with Crippen molar-refractivity contribution in [3.05, 3.63) is 63.9 Å². The first-order chi connectivity index (χ1) is 7.75. The molecule has 0 aliphatic carbocycles. The summed E-state index contributed by atoms with van der Waals surface area (Å²) < 4.78 is 0. The fourth-order valence-corrected chi connectivity index (χ4v) is 1.59. The molecule has 1 aromatic carbocycles. The van der Waals surface area contributed by atoms with Crippen molar-refractivity contribution in [2.75, 3.05) is 0 Å². The van der Waals surface area contributed by atoms with Gasteiger partial charge in [0, 0.05) is 12.4 Å². The highest BCUT2D eigenvalue weighted by Crippen LogP contribution is 2.23. The molecule has 2 aromatic rings. The van der Waals surface area contributed by atoms with Gasteiger partial charge in [-0.15, -0.1) is 0 Å². The van der Waals surface area contributed by atoms with Crippen molar-refractivity contribution in [2.45, 2.75) is 0 Å². The first kappa shape index (κ1) is 11.2. The summed E-state index contributed by atoms with van der Waals surface area (Å²) in [6.07, 6.45) is 7.50. The Labute approximate surface area is 104 Å². The van der Waals surface area contributed by atoms with Gasteiger partial charge < -0.3 is 0 Å².